The number of hydrogen-bond donors (Lipinski definition) is 1. The molecule has 1 aliphatic rings. The van der Waals surface area contributed by atoms with Gasteiger partial charge in [0.2, 0.25) is 0 Å². The van der Waals surface area contributed by atoms with Crippen molar-refractivity contribution in [2.45, 2.75) is 6.54 Å². The Kier molecular flexibility index (Phi) is 6.68. The number of morpholine rings is 1. The number of nitrogens with zero attached hydrogens (tertiary/aromatic N) is 3. The highest BCUT2D eigenvalue weighted by Gasteiger charge is 2.19. The number of benzene rings is 1. The number of halogens is 1. The van der Waals surface area contributed by atoms with Gasteiger partial charge >= 0.3 is 6.03 Å². The molecule has 1 aromatic carbocycles. The number of ether oxygens (including phenoxy) is 1. The molecule has 1 N–H and O–H groups in total. The van der Waals surface area contributed by atoms with Crippen molar-refractivity contribution in [3.63, 3.8) is 0 Å². The van der Waals surface area contributed by atoms with E-state index in [4.69, 9.17) is 4.74 Å². The Bertz CT molecular complexity index is 533. The summed E-state index contributed by atoms with van der Waals surface area (Å²) in [5, 5.41) is 9.68. The van der Waals surface area contributed by atoms with Crippen LogP contribution in [-0.4, -0.2) is 79.3 Å². The van der Waals surface area contributed by atoms with Crippen LogP contribution >= 0.6 is 15.9 Å². The van der Waals surface area contributed by atoms with E-state index in [1.165, 1.54) is 0 Å². The summed E-state index contributed by atoms with van der Waals surface area (Å²) in [5.41, 5.74) is 0.891. The Morgan fingerprint density at radius 1 is 1.35 bits per heavy atom. The highest BCUT2D eigenvalue weighted by atomic mass is 79.9. The Balaban J connectivity index is 2.04. The minimum atomic E-state index is -0.0338. The molecule has 6 nitrogen and oxygen atoms in total. The van der Waals surface area contributed by atoms with Crippen LogP contribution in [0.25, 0.3) is 0 Å². The number of carbonyl (C=O) groups excluding carboxylic acids is 1. The zero-order chi connectivity index (χ0) is 16.8. The van der Waals surface area contributed by atoms with Crippen LogP contribution < -0.4 is 0 Å². The number of hydrogen-bond acceptors (Lipinski definition) is 4. The van der Waals surface area contributed by atoms with Gasteiger partial charge in [0.15, 0.2) is 0 Å². The van der Waals surface area contributed by atoms with Crippen molar-refractivity contribution in [2.75, 3.05) is 53.5 Å². The second kappa shape index (κ2) is 8.52. The van der Waals surface area contributed by atoms with Crippen LogP contribution in [0.1, 0.15) is 5.56 Å². The third kappa shape index (κ3) is 5.37. The van der Waals surface area contributed by atoms with Crippen molar-refractivity contribution in [3.8, 4) is 5.75 Å². The third-order valence-electron chi connectivity index (χ3n) is 3.83. The van der Waals surface area contributed by atoms with Crippen LogP contribution in [0.5, 0.6) is 5.75 Å². The minimum Gasteiger partial charge on any atom is -0.508 e. The van der Waals surface area contributed by atoms with Gasteiger partial charge in [-0.1, -0.05) is 15.9 Å². The normalized spacial score (nSPS) is 15.4. The molecule has 2 rings (SSSR count). The molecule has 128 valence electrons. The number of rotatable bonds is 5. The summed E-state index contributed by atoms with van der Waals surface area (Å²) in [6.45, 7) is 5.22. The van der Waals surface area contributed by atoms with Gasteiger partial charge in [0, 0.05) is 51.3 Å². The van der Waals surface area contributed by atoms with E-state index in [9.17, 15) is 9.90 Å². The van der Waals surface area contributed by atoms with E-state index >= 15 is 0 Å². The van der Waals surface area contributed by atoms with Crippen molar-refractivity contribution in [2.24, 2.45) is 0 Å². The van der Waals surface area contributed by atoms with Gasteiger partial charge in [-0.15, -0.1) is 0 Å². The Hall–Kier alpha value is -1.31. The predicted molar refractivity (Wildman–Crippen MR) is 92.6 cm³/mol. The summed E-state index contributed by atoms with van der Waals surface area (Å²) in [6.07, 6.45) is 0. The van der Waals surface area contributed by atoms with Crippen LogP contribution in [-0.2, 0) is 11.3 Å². The lowest BCUT2D eigenvalue weighted by Gasteiger charge is -2.31. The molecule has 0 unspecified atom stereocenters. The van der Waals surface area contributed by atoms with E-state index in [0.29, 0.717) is 13.1 Å². The van der Waals surface area contributed by atoms with Crippen molar-refractivity contribution in [3.05, 3.63) is 28.2 Å². The lowest BCUT2D eigenvalue weighted by molar-refractivity contribution is 0.0341. The molecule has 0 aliphatic carbocycles. The maximum absolute atomic E-state index is 12.4. The van der Waals surface area contributed by atoms with Gasteiger partial charge in [-0.3, -0.25) is 4.90 Å². The number of urea groups is 1. The minimum absolute atomic E-state index is 0.0338. The molecule has 23 heavy (non-hydrogen) atoms. The molecule has 1 heterocycles. The molecule has 0 atom stereocenters. The largest absolute Gasteiger partial charge is 0.508 e. The van der Waals surface area contributed by atoms with Gasteiger partial charge in [0.1, 0.15) is 5.75 Å². The van der Waals surface area contributed by atoms with Crippen molar-refractivity contribution < 1.29 is 14.6 Å². The molecule has 1 fully saturated rings. The summed E-state index contributed by atoms with van der Waals surface area (Å²) in [4.78, 5) is 18.1. The SMILES string of the molecule is CN(C)C(=O)N(CCN1CCOCC1)Cc1cc(O)ccc1Br. The highest BCUT2D eigenvalue weighted by molar-refractivity contribution is 9.10. The third-order valence-corrected chi connectivity index (χ3v) is 4.61. The van der Waals surface area contributed by atoms with Crippen LogP contribution in [0.3, 0.4) is 0 Å². The Morgan fingerprint density at radius 2 is 2.04 bits per heavy atom. The molecular weight excluding hydrogens is 362 g/mol. The molecule has 0 spiro atoms. The molecule has 1 aliphatic heterocycles. The van der Waals surface area contributed by atoms with E-state index in [2.05, 4.69) is 20.8 Å². The van der Waals surface area contributed by atoms with Crippen molar-refractivity contribution >= 4 is 22.0 Å². The molecule has 0 radical (unpaired) electrons. The molecule has 7 heteroatoms. The lowest BCUT2D eigenvalue weighted by atomic mass is 10.2. The zero-order valence-electron chi connectivity index (χ0n) is 13.7. The standard InChI is InChI=1S/C16H24BrN3O3/c1-18(2)16(22)20(6-5-19-7-9-23-10-8-19)12-13-11-14(21)3-4-15(13)17/h3-4,11,21H,5-10,12H2,1-2H3. The second-order valence-electron chi connectivity index (χ2n) is 5.83. The monoisotopic (exact) mass is 385 g/mol. The van der Waals surface area contributed by atoms with Crippen LogP contribution in [0.15, 0.2) is 22.7 Å². The number of phenolic OH excluding ortho intramolecular Hbond substituents is 1. The average molecular weight is 386 g/mol. The number of carbonyl (C=O) groups is 1. The van der Waals surface area contributed by atoms with Gasteiger partial charge in [0.25, 0.3) is 0 Å². The Labute approximate surface area is 145 Å². The van der Waals surface area contributed by atoms with Gasteiger partial charge < -0.3 is 19.6 Å². The van der Waals surface area contributed by atoms with E-state index in [-0.39, 0.29) is 11.8 Å². The molecule has 0 aromatic heterocycles. The lowest BCUT2D eigenvalue weighted by Crippen LogP contribution is -2.45. The first-order valence-electron chi connectivity index (χ1n) is 7.71. The van der Waals surface area contributed by atoms with Gasteiger partial charge in [-0.2, -0.15) is 0 Å². The van der Waals surface area contributed by atoms with E-state index in [1.54, 1.807) is 42.1 Å². The number of amides is 2. The van der Waals surface area contributed by atoms with Crippen LogP contribution in [0.4, 0.5) is 4.79 Å². The molecule has 0 bridgehead atoms. The fourth-order valence-corrected chi connectivity index (χ4v) is 2.87. The summed E-state index contributed by atoms with van der Waals surface area (Å²) >= 11 is 3.48. The maximum Gasteiger partial charge on any atom is 0.319 e. The number of aromatic hydroxyl groups is 1. The maximum atomic E-state index is 12.4. The second-order valence-corrected chi connectivity index (χ2v) is 6.68. The van der Waals surface area contributed by atoms with Crippen molar-refractivity contribution in [1.82, 2.24) is 14.7 Å². The van der Waals surface area contributed by atoms with E-state index in [1.807, 2.05) is 0 Å². The van der Waals surface area contributed by atoms with Crippen LogP contribution in [0.2, 0.25) is 0 Å². The predicted octanol–water partition coefficient (Wildman–Crippen LogP) is 1.97. The molecule has 1 aromatic rings. The molecule has 1 saturated heterocycles. The quantitative estimate of drug-likeness (QED) is 0.841. The smallest absolute Gasteiger partial charge is 0.319 e. The first-order valence-corrected chi connectivity index (χ1v) is 8.50. The highest BCUT2D eigenvalue weighted by Crippen LogP contribution is 2.23. The summed E-state index contributed by atoms with van der Waals surface area (Å²) in [6, 6.07) is 5.08. The topological polar surface area (TPSA) is 56.3 Å². The average Bonchev–Trinajstić information content (AvgIpc) is 2.54. The fourth-order valence-electron chi connectivity index (χ4n) is 2.50. The summed E-state index contributed by atoms with van der Waals surface area (Å²) < 4.78 is 6.24. The summed E-state index contributed by atoms with van der Waals surface area (Å²) in [7, 11) is 3.50. The number of phenols is 1. The first-order chi connectivity index (χ1) is 11.0. The van der Waals surface area contributed by atoms with E-state index in [0.717, 1.165) is 42.9 Å². The Morgan fingerprint density at radius 3 is 2.70 bits per heavy atom. The molecule has 2 amide bonds. The zero-order valence-corrected chi connectivity index (χ0v) is 15.3. The van der Waals surface area contributed by atoms with Gasteiger partial charge in [-0.25, -0.2) is 4.79 Å². The fraction of sp³-hybridized carbons (Fsp3) is 0.562. The summed E-state index contributed by atoms with van der Waals surface area (Å²) in [5.74, 6) is 0.202. The molecule has 0 saturated carbocycles. The van der Waals surface area contributed by atoms with Crippen molar-refractivity contribution in [1.29, 1.82) is 0 Å². The van der Waals surface area contributed by atoms with Gasteiger partial charge in [0.05, 0.1) is 13.2 Å². The molecular formula is C16H24BrN3O3. The van der Waals surface area contributed by atoms with Gasteiger partial charge in [-0.05, 0) is 23.8 Å². The first kappa shape index (κ1) is 18.0. The van der Waals surface area contributed by atoms with Crippen LogP contribution in [0, 0.1) is 0 Å². The van der Waals surface area contributed by atoms with E-state index < -0.39 is 0 Å².